The van der Waals surface area contributed by atoms with E-state index >= 15 is 0 Å². The van der Waals surface area contributed by atoms with Crippen LogP contribution in [0.15, 0.2) is 34.4 Å². The van der Waals surface area contributed by atoms with Gasteiger partial charge in [-0.05, 0) is 25.0 Å². The minimum Gasteiger partial charge on any atom is -0.355 e. The maximum absolute atomic E-state index is 12.0. The molecule has 1 aromatic rings. The second-order valence-electron chi connectivity index (χ2n) is 4.75. The number of halogens is 1. The molecule has 2 N–H and O–H groups in total. The smallest absolute Gasteiger partial charge is 0.242 e. The quantitative estimate of drug-likeness (QED) is 0.305. The summed E-state index contributed by atoms with van der Waals surface area (Å²) in [4.78, 5) is 10.4. The lowest BCUT2D eigenvalue weighted by molar-refractivity contribution is 0.493. The van der Waals surface area contributed by atoms with Crippen molar-refractivity contribution in [2.75, 3.05) is 33.2 Å². The lowest BCUT2D eigenvalue weighted by Gasteiger charge is -2.20. The Morgan fingerprint density at radius 1 is 1.36 bits per heavy atom. The predicted octanol–water partition coefficient (Wildman–Crippen LogP) is 0.649. The minimum atomic E-state index is -3.49. The van der Waals surface area contributed by atoms with E-state index in [1.54, 1.807) is 19.3 Å². The molecule has 0 spiro atoms. The number of aliphatic imine (C=N–C) groups is 1. The molecule has 0 saturated carbocycles. The van der Waals surface area contributed by atoms with Crippen LogP contribution in [0.2, 0.25) is 0 Å². The summed E-state index contributed by atoms with van der Waals surface area (Å²) in [6.45, 7) is 2.79. The number of aromatic nitrogens is 1. The van der Waals surface area contributed by atoms with Gasteiger partial charge in [0.1, 0.15) is 4.90 Å². The van der Waals surface area contributed by atoms with Crippen LogP contribution in [0.1, 0.15) is 12.8 Å². The van der Waals surface area contributed by atoms with Crippen LogP contribution in [-0.2, 0) is 10.0 Å². The summed E-state index contributed by atoms with van der Waals surface area (Å²) in [5, 5.41) is 3.17. The zero-order chi connectivity index (χ0) is 15.1. The molecular formula is C13H22IN5O2S. The van der Waals surface area contributed by atoms with Gasteiger partial charge in [0.25, 0.3) is 0 Å². The van der Waals surface area contributed by atoms with E-state index in [-0.39, 0.29) is 28.9 Å². The van der Waals surface area contributed by atoms with Crippen LogP contribution in [0.5, 0.6) is 0 Å². The molecule has 0 radical (unpaired) electrons. The Bertz CT molecular complexity index is 573. The highest BCUT2D eigenvalue weighted by Crippen LogP contribution is 2.07. The molecule has 0 aliphatic carbocycles. The molecule has 2 rings (SSSR count). The number of likely N-dealkylation sites (tertiary alicyclic amines) is 1. The van der Waals surface area contributed by atoms with E-state index in [9.17, 15) is 8.42 Å². The Balaban J connectivity index is 0.00000242. The van der Waals surface area contributed by atoms with E-state index < -0.39 is 10.0 Å². The van der Waals surface area contributed by atoms with E-state index in [1.165, 1.54) is 25.1 Å². The van der Waals surface area contributed by atoms with Crippen molar-refractivity contribution in [1.82, 2.24) is 19.9 Å². The third kappa shape index (κ3) is 5.36. The van der Waals surface area contributed by atoms with Gasteiger partial charge in [-0.15, -0.1) is 24.0 Å². The van der Waals surface area contributed by atoms with Crippen molar-refractivity contribution < 1.29 is 8.42 Å². The van der Waals surface area contributed by atoms with Gasteiger partial charge in [-0.2, -0.15) is 0 Å². The number of sulfonamides is 1. The van der Waals surface area contributed by atoms with Crippen LogP contribution >= 0.6 is 24.0 Å². The Labute approximate surface area is 148 Å². The first kappa shape index (κ1) is 19.1. The number of pyridine rings is 1. The summed E-state index contributed by atoms with van der Waals surface area (Å²) in [6.07, 6.45) is 5.22. The van der Waals surface area contributed by atoms with E-state index in [0.29, 0.717) is 13.1 Å². The van der Waals surface area contributed by atoms with Crippen molar-refractivity contribution in [3.8, 4) is 0 Å². The number of hydrogen-bond acceptors (Lipinski definition) is 4. The molecule has 1 aromatic heterocycles. The fraction of sp³-hybridized carbons (Fsp3) is 0.538. The van der Waals surface area contributed by atoms with Crippen molar-refractivity contribution in [3.05, 3.63) is 24.5 Å². The van der Waals surface area contributed by atoms with E-state index in [4.69, 9.17) is 0 Å². The van der Waals surface area contributed by atoms with Crippen molar-refractivity contribution in [3.63, 3.8) is 0 Å². The lowest BCUT2D eigenvalue weighted by atomic mass is 10.4. The zero-order valence-electron chi connectivity index (χ0n) is 12.5. The minimum absolute atomic E-state index is 0. The third-order valence-corrected chi connectivity index (χ3v) is 4.71. The summed E-state index contributed by atoms with van der Waals surface area (Å²) >= 11 is 0. The SMILES string of the molecule is CN=C(NCCNS(=O)(=O)c1cccnc1)N1CCCC1.I. The Kier molecular flexibility index (Phi) is 8.04. The second kappa shape index (κ2) is 9.26. The molecule has 2 heterocycles. The predicted molar refractivity (Wildman–Crippen MR) is 97.0 cm³/mol. The molecule has 7 nitrogen and oxygen atoms in total. The first-order chi connectivity index (χ1) is 10.1. The maximum atomic E-state index is 12.0. The van der Waals surface area contributed by atoms with Crippen LogP contribution in [0.4, 0.5) is 0 Å². The molecule has 0 amide bonds. The monoisotopic (exact) mass is 439 g/mol. The lowest BCUT2D eigenvalue weighted by Crippen LogP contribution is -2.42. The molecule has 0 aromatic carbocycles. The molecule has 9 heteroatoms. The second-order valence-corrected chi connectivity index (χ2v) is 6.52. The molecule has 22 heavy (non-hydrogen) atoms. The van der Waals surface area contributed by atoms with Crippen LogP contribution in [0.3, 0.4) is 0 Å². The first-order valence-corrected chi connectivity index (χ1v) is 8.47. The number of rotatable bonds is 5. The summed E-state index contributed by atoms with van der Waals surface area (Å²) < 4.78 is 26.5. The number of guanidine groups is 1. The fourth-order valence-corrected chi connectivity index (χ4v) is 3.21. The van der Waals surface area contributed by atoms with Crippen LogP contribution in [0.25, 0.3) is 0 Å². The van der Waals surface area contributed by atoms with Gasteiger partial charge < -0.3 is 10.2 Å². The summed E-state index contributed by atoms with van der Waals surface area (Å²) in [7, 11) is -1.75. The van der Waals surface area contributed by atoms with Crippen molar-refractivity contribution in [2.45, 2.75) is 17.7 Å². The number of nitrogens with one attached hydrogen (secondary N) is 2. The normalized spacial score (nSPS) is 15.5. The van der Waals surface area contributed by atoms with E-state index in [1.807, 2.05) is 0 Å². The van der Waals surface area contributed by atoms with Crippen molar-refractivity contribution >= 4 is 40.0 Å². The Morgan fingerprint density at radius 3 is 2.68 bits per heavy atom. The van der Waals surface area contributed by atoms with E-state index in [0.717, 1.165) is 19.0 Å². The first-order valence-electron chi connectivity index (χ1n) is 6.99. The summed E-state index contributed by atoms with van der Waals surface area (Å²) in [6, 6.07) is 3.12. The summed E-state index contributed by atoms with van der Waals surface area (Å²) in [5.41, 5.74) is 0. The Hall–Kier alpha value is -0.940. The molecule has 1 aliphatic rings. The largest absolute Gasteiger partial charge is 0.355 e. The third-order valence-electron chi connectivity index (χ3n) is 3.26. The molecular weight excluding hydrogens is 417 g/mol. The maximum Gasteiger partial charge on any atom is 0.242 e. The van der Waals surface area contributed by atoms with Gasteiger partial charge in [-0.1, -0.05) is 0 Å². The van der Waals surface area contributed by atoms with E-state index in [2.05, 4.69) is 24.9 Å². The highest BCUT2D eigenvalue weighted by molar-refractivity contribution is 14.0. The Morgan fingerprint density at radius 2 is 2.09 bits per heavy atom. The highest BCUT2D eigenvalue weighted by Gasteiger charge is 2.16. The van der Waals surface area contributed by atoms with Gasteiger partial charge >= 0.3 is 0 Å². The molecule has 124 valence electrons. The molecule has 0 bridgehead atoms. The molecule has 1 saturated heterocycles. The average Bonchev–Trinajstić information content (AvgIpc) is 3.02. The van der Waals surface area contributed by atoms with Gasteiger partial charge in [0.05, 0.1) is 0 Å². The van der Waals surface area contributed by atoms with Crippen LogP contribution in [-0.4, -0.2) is 57.5 Å². The van der Waals surface area contributed by atoms with Gasteiger partial charge in [0.2, 0.25) is 10.0 Å². The molecule has 1 fully saturated rings. The van der Waals surface area contributed by atoms with Crippen molar-refractivity contribution in [2.24, 2.45) is 4.99 Å². The van der Waals surface area contributed by atoms with Gasteiger partial charge in [0.15, 0.2) is 5.96 Å². The number of nitrogens with zero attached hydrogens (tertiary/aromatic N) is 3. The molecule has 0 atom stereocenters. The van der Waals surface area contributed by atoms with Crippen molar-refractivity contribution in [1.29, 1.82) is 0 Å². The average molecular weight is 439 g/mol. The fourth-order valence-electron chi connectivity index (χ4n) is 2.21. The van der Waals surface area contributed by atoms with Crippen LogP contribution in [0, 0.1) is 0 Å². The van der Waals surface area contributed by atoms with Crippen LogP contribution < -0.4 is 10.0 Å². The molecule has 0 unspecified atom stereocenters. The zero-order valence-corrected chi connectivity index (χ0v) is 15.7. The standard InChI is InChI=1S/C13H21N5O2S.HI/c1-14-13(18-9-2-3-10-18)16-7-8-17-21(19,20)12-5-4-6-15-11-12;/h4-6,11,17H,2-3,7-10H2,1H3,(H,14,16);1H. The topological polar surface area (TPSA) is 86.7 Å². The van der Waals surface area contributed by atoms with Gasteiger partial charge in [-0.3, -0.25) is 9.98 Å². The number of hydrogen-bond donors (Lipinski definition) is 2. The highest BCUT2D eigenvalue weighted by atomic mass is 127. The van der Waals surface area contributed by atoms with Gasteiger partial charge in [-0.25, -0.2) is 13.1 Å². The molecule has 1 aliphatic heterocycles. The van der Waals surface area contributed by atoms with Gasteiger partial charge in [0, 0.05) is 45.6 Å². The summed E-state index contributed by atoms with van der Waals surface area (Å²) in [5.74, 6) is 0.827.